The molecular formula is C14H19N3. The summed E-state index contributed by atoms with van der Waals surface area (Å²) in [5.74, 6) is 1.77. The minimum absolute atomic E-state index is 0.480. The lowest BCUT2D eigenvalue weighted by Gasteiger charge is -2.32. The zero-order valence-electron chi connectivity index (χ0n) is 10.1. The monoisotopic (exact) mass is 229 g/mol. The van der Waals surface area contributed by atoms with Gasteiger partial charge in [-0.3, -0.25) is 0 Å². The van der Waals surface area contributed by atoms with E-state index in [-0.39, 0.29) is 0 Å². The Balaban J connectivity index is 2.03. The van der Waals surface area contributed by atoms with Gasteiger partial charge in [0.25, 0.3) is 0 Å². The van der Waals surface area contributed by atoms with Crippen molar-refractivity contribution in [1.82, 2.24) is 0 Å². The van der Waals surface area contributed by atoms with E-state index < -0.39 is 0 Å². The fourth-order valence-electron chi connectivity index (χ4n) is 2.15. The van der Waals surface area contributed by atoms with Crippen molar-refractivity contribution in [2.24, 2.45) is 28.3 Å². The first-order valence-corrected chi connectivity index (χ1v) is 6.01. The molecule has 1 fully saturated rings. The summed E-state index contributed by atoms with van der Waals surface area (Å²) in [5, 5.41) is 0. The van der Waals surface area contributed by atoms with Gasteiger partial charge in [0.2, 0.25) is 0 Å². The molecule has 0 bridgehead atoms. The molecule has 1 aromatic carbocycles. The molecule has 3 nitrogen and oxygen atoms in total. The molecule has 0 saturated heterocycles. The van der Waals surface area contributed by atoms with E-state index in [2.05, 4.69) is 11.9 Å². The van der Waals surface area contributed by atoms with Crippen LogP contribution in [0.1, 0.15) is 19.8 Å². The number of rotatable bonds is 3. The molecule has 0 radical (unpaired) electrons. The predicted octanol–water partition coefficient (Wildman–Crippen LogP) is 2.56. The molecule has 1 aliphatic carbocycles. The molecule has 90 valence electrons. The van der Waals surface area contributed by atoms with Crippen molar-refractivity contribution >= 4 is 11.5 Å². The van der Waals surface area contributed by atoms with Crippen LogP contribution in [0.4, 0.5) is 5.69 Å². The van der Waals surface area contributed by atoms with E-state index in [1.165, 1.54) is 12.8 Å². The minimum Gasteiger partial charge on any atom is -0.402 e. The van der Waals surface area contributed by atoms with Gasteiger partial charge < -0.3 is 11.5 Å². The van der Waals surface area contributed by atoms with Gasteiger partial charge in [-0.05, 0) is 42.9 Å². The highest BCUT2D eigenvalue weighted by Crippen LogP contribution is 2.36. The van der Waals surface area contributed by atoms with E-state index in [1.807, 2.05) is 30.3 Å². The first-order valence-electron chi connectivity index (χ1n) is 6.01. The lowest BCUT2D eigenvalue weighted by Crippen LogP contribution is -2.27. The quantitative estimate of drug-likeness (QED) is 0.618. The molecule has 0 unspecified atom stereocenters. The van der Waals surface area contributed by atoms with E-state index in [4.69, 9.17) is 11.5 Å². The number of nitrogens with zero attached hydrogens (tertiary/aromatic N) is 1. The van der Waals surface area contributed by atoms with Crippen molar-refractivity contribution in [3.05, 3.63) is 42.1 Å². The van der Waals surface area contributed by atoms with Crippen LogP contribution >= 0.6 is 0 Å². The molecule has 17 heavy (non-hydrogen) atoms. The molecule has 1 saturated carbocycles. The van der Waals surface area contributed by atoms with Gasteiger partial charge >= 0.3 is 0 Å². The number of para-hydroxylation sites is 1. The van der Waals surface area contributed by atoms with Crippen LogP contribution < -0.4 is 11.5 Å². The smallest absolute Gasteiger partial charge is 0.125 e. The van der Waals surface area contributed by atoms with Crippen molar-refractivity contribution in [2.45, 2.75) is 19.8 Å². The molecular weight excluding hydrogens is 210 g/mol. The molecule has 4 N–H and O–H groups in total. The molecule has 0 aromatic heterocycles. The highest BCUT2D eigenvalue weighted by atomic mass is 14.9. The van der Waals surface area contributed by atoms with E-state index >= 15 is 0 Å². The largest absolute Gasteiger partial charge is 0.402 e. The van der Waals surface area contributed by atoms with Gasteiger partial charge in [-0.25, -0.2) is 4.99 Å². The summed E-state index contributed by atoms with van der Waals surface area (Å²) < 4.78 is 0. The van der Waals surface area contributed by atoms with Gasteiger partial charge in [-0.15, -0.1) is 0 Å². The van der Waals surface area contributed by atoms with Crippen LogP contribution in [0.3, 0.4) is 0 Å². The molecule has 0 amide bonds. The number of benzene rings is 1. The molecule has 1 aromatic rings. The maximum absolute atomic E-state index is 6.00. The highest BCUT2D eigenvalue weighted by Gasteiger charge is 2.27. The number of hydrogen-bond donors (Lipinski definition) is 2. The lowest BCUT2D eigenvalue weighted by atomic mass is 9.74. The average molecular weight is 229 g/mol. The normalized spacial score (nSPS) is 25.5. The summed E-state index contributed by atoms with van der Waals surface area (Å²) in [4.78, 5) is 4.30. The molecule has 0 aliphatic heterocycles. The zero-order valence-corrected chi connectivity index (χ0v) is 10.1. The summed E-state index contributed by atoms with van der Waals surface area (Å²) in [5.41, 5.74) is 13.6. The Bertz CT molecular complexity index is 428. The van der Waals surface area contributed by atoms with Crippen LogP contribution in [0.25, 0.3) is 0 Å². The molecule has 3 heteroatoms. The van der Waals surface area contributed by atoms with Crippen LogP contribution in [-0.4, -0.2) is 5.84 Å². The van der Waals surface area contributed by atoms with Crippen molar-refractivity contribution in [3.63, 3.8) is 0 Å². The van der Waals surface area contributed by atoms with Crippen LogP contribution in [0.15, 0.2) is 47.1 Å². The predicted molar refractivity (Wildman–Crippen MR) is 71.9 cm³/mol. The Morgan fingerprint density at radius 1 is 1.24 bits per heavy atom. The zero-order chi connectivity index (χ0) is 12.3. The Hall–Kier alpha value is -1.77. The molecule has 2 rings (SSSR count). The Labute approximate surface area is 102 Å². The van der Waals surface area contributed by atoms with E-state index in [0.717, 1.165) is 17.3 Å². The standard InChI is InChI=1S/C14H19N3/c1-10-7-11(8-10)13(15)9-14(16)17-12-5-3-2-4-6-12/h2-6,9-11H,7-8,15H2,1H3,(H2,16,17). The van der Waals surface area contributed by atoms with Gasteiger partial charge in [-0.2, -0.15) is 0 Å². The topological polar surface area (TPSA) is 64.4 Å². The fraction of sp³-hybridized carbons (Fsp3) is 0.357. The minimum atomic E-state index is 0.480. The summed E-state index contributed by atoms with van der Waals surface area (Å²) in [6.45, 7) is 2.24. The van der Waals surface area contributed by atoms with Crippen LogP contribution in [0.5, 0.6) is 0 Å². The lowest BCUT2D eigenvalue weighted by molar-refractivity contribution is 0.248. The fourth-order valence-corrected chi connectivity index (χ4v) is 2.15. The second-order valence-electron chi connectivity index (χ2n) is 4.79. The second kappa shape index (κ2) is 5.04. The maximum Gasteiger partial charge on any atom is 0.125 e. The number of nitrogens with two attached hydrogens (primary N) is 2. The van der Waals surface area contributed by atoms with E-state index in [1.54, 1.807) is 6.08 Å². The highest BCUT2D eigenvalue weighted by molar-refractivity contribution is 5.93. The number of hydrogen-bond acceptors (Lipinski definition) is 2. The first-order chi connectivity index (χ1) is 8.15. The van der Waals surface area contributed by atoms with Crippen LogP contribution in [-0.2, 0) is 0 Å². The maximum atomic E-state index is 6.00. The summed E-state index contributed by atoms with van der Waals surface area (Å²) in [6.07, 6.45) is 4.13. The van der Waals surface area contributed by atoms with Crippen LogP contribution in [0, 0.1) is 11.8 Å². The molecule has 0 spiro atoms. The Morgan fingerprint density at radius 3 is 2.47 bits per heavy atom. The van der Waals surface area contributed by atoms with E-state index in [9.17, 15) is 0 Å². The van der Waals surface area contributed by atoms with Crippen molar-refractivity contribution in [3.8, 4) is 0 Å². The molecule has 0 atom stereocenters. The molecule has 1 aliphatic rings. The van der Waals surface area contributed by atoms with Gasteiger partial charge in [-0.1, -0.05) is 25.1 Å². The molecule has 0 heterocycles. The van der Waals surface area contributed by atoms with Gasteiger partial charge in [0.05, 0.1) is 5.69 Å². The number of allylic oxidation sites excluding steroid dienone is 1. The Kier molecular flexibility index (Phi) is 3.47. The van der Waals surface area contributed by atoms with Gasteiger partial charge in [0, 0.05) is 5.70 Å². The number of aliphatic imine (C=N–C) groups is 1. The third-order valence-electron chi connectivity index (χ3n) is 3.17. The third kappa shape index (κ3) is 3.09. The average Bonchev–Trinajstić information content (AvgIpc) is 2.26. The summed E-state index contributed by atoms with van der Waals surface area (Å²) in [6, 6.07) is 9.67. The van der Waals surface area contributed by atoms with Crippen LogP contribution in [0.2, 0.25) is 0 Å². The van der Waals surface area contributed by atoms with Crippen molar-refractivity contribution in [1.29, 1.82) is 0 Å². The van der Waals surface area contributed by atoms with Gasteiger partial charge in [0.15, 0.2) is 0 Å². The third-order valence-corrected chi connectivity index (χ3v) is 3.17. The summed E-state index contributed by atoms with van der Waals surface area (Å²) in [7, 11) is 0. The SMILES string of the molecule is CC1CC(C(N)=CC(N)=Nc2ccccc2)C1. The Morgan fingerprint density at radius 2 is 1.88 bits per heavy atom. The number of amidine groups is 1. The second-order valence-corrected chi connectivity index (χ2v) is 4.79. The summed E-state index contributed by atoms with van der Waals surface area (Å²) >= 11 is 0. The first kappa shape index (κ1) is 11.7. The van der Waals surface area contributed by atoms with Crippen molar-refractivity contribution in [2.75, 3.05) is 0 Å². The van der Waals surface area contributed by atoms with Crippen molar-refractivity contribution < 1.29 is 0 Å². The van der Waals surface area contributed by atoms with Gasteiger partial charge in [0.1, 0.15) is 5.84 Å². The van der Waals surface area contributed by atoms with E-state index in [0.29, 0.717) is 11.8 Å².